The smallest absolute Gasteiger partial charge is 0.434 e. The highest BCUT2D eigenvalue weighted by molar-refractivity contribution is 6.35. The summed E-state index contributed by atoms with van der Waals surface area (Å²) in [6.45, 7) is 4.32. The number of nitrogens with one attached hydrogen (secondary N) is 1. The maximum absolute atomic E-state index is 14.1. The number of hydrogen-bond acceptors (Lipinski definition) is 5. The van der Waals surface area contributed by atoms with E-state index < -0.39 is 77.4 Å². The lowest BCUT2D eigenvalue weighted by Crippen LogP contribution is -2.49. The first-order valence-corrected chi connectivity index (χ1v) is 12.6. The van der Waals surface area contributed by atoms with Crippen molar-refractivity contribution < 1.29 is 50.6 Å². The summed E-state index contributed by atoms with van der Waals surface area (Å²) < 4.78 is 85.1. The number of alkyl halides is 6. The lowest BCUT2D eigenvalue weighted by Gasteiger charge is -2.31. The molecular formula is C25H23Cl3F6N2O5. The molecule has 0 heterocycles. The van der Waals surface area contributed by atoms with Crippen LogP contribution in [0.1, 0.15) is 56.0 Å². The maximum Gasteiger partial charge on any atom is 0.434 e. The van der Waals surface area contributed by atoms with Gasteiger partial charge in [-0.3, -0.25) is 15.0 Å². The van der Waals surface area contributed by atoms with E-state index in [0.717, 1.165) is 36.4 Å². The molecule has 226 valence electrons. The molecule has 0 radical (unpaired) electrons. The highest BCUT2D eigenvalue weighted by Gasteiger charge is 2.56. The number of aliphatic hydroxyl groups is 1. The van der Waals surface area contributed by atoms with Gasteiger partial charge in [-0.05, 0) is 62.7 Å². The fourth-order valence-electron chi connectivity index (χ4n) is 3.30. The van der Waals surface area contributed by atoms with Crippen LogP contribution in [-0.4, -0.2) is 40.8 Å². The van der Waals surface area contributed by atoms with Gasteiger partial charge in [0.15, 0.2) is 11.4 Å². The van der Waals surface area contributed by atoms with Crippen LogP contribution in [0.3, 0.4) is 0 Å². The number of rotatable bonds is 7. The normalized spacial score (nSPS) is 13.8. The molecular weight excluding hydrogens is 629 g/mol. The van der Waals surface area contributed by atoms with Crippen LogP contribution < -0.4 is 10.4 Å². The third-order valence-corrected chi connectivity index (χ3v) is 5.94. The Labute approximate surface area is 245 Å². The molecule has 0 spiro atoms. The number of nitrogens with zero attached hydrogens (tertiary/aromatic N) is 1. The summed E-state index contributed by atoms with van der Waals surface area (Å²) in [5.41, 5.74) is -4.86. The minimum atomic E-state index is -5.39. The second-order valence-electron chi connectivity index (χ2n) is 9.75. The Morgan fingerprint density at radius 3 is 1.98 bits per heavy atom. The van der Waals surface area contributed by atoms with E-state index in [-0.39, 0.29) is 15.1 Å². The van der Waals surface area contributed by atoms with Gasteiger partial charge in [-0.25, -0.2) is 4.79 Å². The zero-order chi connectivity index (χ0) is 31.6. The Hall–Kier alpha value is -2.74. The molecule has 1 unspecified atom stereocenters. The molecule has 2 aromatic rings. The molecule has 2 N–H and O–H groups in total. The van der Waals surface area contributed by atoms with Crippen molar-refractivity contribution in [2.45, 2.75) is 63.6 Å². The number of carbonyl (C=O) groups excluding carboxylic acids is 3. The van der Waals surface area contributed by atoms with Crippen molar-refractivity contribution in [2.75, 3.05) is 5.01 Å². The van der Waals surface area contributed by atoms with Crippen LogP contribution in [0, 0.1) is 0 Å². The number of ketones is 1. The second-order valence-corrected chi connectivity index (χ2v) is 11.0. The summed E-state index contributed by atoms with van der Waals surface area (Å²) in [5, 5.41) is 10.2. The summed E-state index contributed by atoms with van der Waals surface area (Å²) >= 11 is 17.7. The molecule has 0 saturated carbocycles. The third-order valence-electron chi connectivity index (χ3n) is 5.18. The van der Waals surface area contributed by atoms with Crippen LogP contribution in [0.4, 0.5) is 36.8 Å². The van der Waals surface area contributed by atoms with E-state index in [1.807, 2.05) is 5.43 Å². The van der Waals surface area contributed by atoms with Crippen molar-refractivity contribution >= 4 is 58.3 Å². The SMILES string of the molecule is CC(C)(C)OC(=O)N(NC(=O)CCC(F)(F)F)c1cc(C(=O)CC(O)(c2cc(Cl)cc(Cl)c2)C(F)(F)F)ccc1Cl. The lowest BCUT2D eigenvalue weighted by molar-refractivity contribution is -0.264. The highest BCUT2D eigenvalue weighted by Crippen LogP contribution is 2.44. The molecule has 0 aliphatic rings. The van der Waals surface area contributed by atoms with Gasteiger partial charge in [0.2, 0.25) is 5.91 Å². The summed E-state index contributed by atoms with van der Waals surface area (Å²) in [5.74, 6) is -2.59. The molecule has 0 bridgehead atoms. The average molecular weight is 652 g/mol. The molecule has 0 saturated heterocycles. The number of anilines is 1. The fraction of sp³-hybridized carbons (Fsp3) is 0.400. The van der Waals surface area contributed by atoms with Crippen molar-refractivity contribution in [3.63, 3.8) is 0 Å². The van der Waals surface area contributed by atoms with E-state index in [1.165, 1.54) is 20.8 Å². The van der Waals surface area contributed by atoms with Crippen LogP contribution >= 0.6 is 34.8 Å². The Kier molecular flexibility index (Phi) is 10.6. The van der Waals surface area contributed by atoms with E-state index in [1.54, 1.807) is 0 Å². The first-order valence-electron chi connectivity index (χ1n) is 11.5. The monoisotopic (exact) mass is 650 g/mol. The molecule has 0 aliphatic carbocycles. The molecule has 2 amide bonds. The van der Waals surface area contributed by atoms with E-state index in [0.29, 0.717) is 5.01 Å². The standard InChI is InChI=1S/C25H23Cl3F6N2O5/c1-22(2,3)41-21(39)36(35-20(38)6-7-24(29,30)31)18-8-13(4-5-17(18)28)19(37)12-23(40,25(32,33)34)14-9-15(26)11-16(27)10-14/h4-5,8-11,40H,6-7,12H2,1-3H3,(H,35,38). The zero-order valence-corrected chi connectivity index (χ0v) is 23.8. The fourth-order valence-corrected chi connectivity index (χ4v) is 4.03. The summed E-state index contributed by atoms with van der Waals surface area (Å²) in [6, 6.07) is 5.46. The van der Waals surface area contributed by atoms with Gasteiger partial charge in [0.25, 0.3) is 0 Å². The molecule has 1 atom stereocenters. The number of benzene rings is 2. The van der Waals surface area contributed by atoms with E-state index in [9.17, 15) is 45.8 Å². The number of halogens is 9. The van der Waals surface area contributed by atoms with Gasteiger partial charge in [-0.1, -0.05) is 34.8 Å². The molecule has 2 rings (SSSR count). The second kappa shape index (κ2) is 12.6. The summed E-state index contributed by atoms with van der Waals surface area (Å²) in [4.78, 5) is 38.1. The zero-order valence-electron chi connectivity index (χ0n) is 21.5. The summed E-state index contributed by atoms with van der Waals surface area (Å²) in [6.07, 6.45) is -15.6. The number of hydrogen-bond donors (Lipinski definition) is 2. The van der Waals surface area contributed by atoms with E-state index >= 15 is 0 Å². The highest BCUT2D eigenvalue weighted by atomic mass is 35.5. The lowest BCUT2D eigenvalue weighted by atomic mass is 9.86. The van der Waals surface area contributed by atoms with Gasteiger partial charge in [0, 0.05) is 22.0 Å². The third kappa shape index (κ3) is 9.66. The molecule has 2 aromatic carbocycles. The van der Waals surface area contributed by atoms with Crippen LogP contribution in [0.25, 0.3) is 0 Å². The number of ether oxygens (including phenoxy) is 1. The Morgan fingerprint density at radius 1 is 0.927 bits per heavy atom. The largest absolute Gasteiger partial charge is 0.442 e. The summed E-state index contributed by atoms with van der Waals surface area (Å²) in [7, 11) is 0. The first-order chi connectivity index (χ1) is 18.5. The van der Waals surface area contributed by atoms with Crippen molar-refractivity contribution in [3.8, 4) is 0 Å². The Morgan fingerprint density at radius 2 is 1.49 bits per heavy atom. The molecule has 0 aliphatic heterocycles. The Bertz CT molecular complexity index is 1290. The van der Waals surface area contributed by atoms with Gasteiger partial charge in [-0.15, -0.1) is 0 Å². The van der Waals surface area contributed by atoms with E-state index in [2.05, 4.69) is 0 Å². The number of Topliss-reactive ketones (excluding diaryl/α,β-unsaturated/α-hetero) is 1. The average Bonchev–Trinajstić information content (AvgIpc) is 2.78. The van der Waals surface area contributed by atoms with Gasteiger partial charge in [0.05, 0.1) is 23.6 Å². The van der Waals surface area contributed by atoms with Gasteiger partial charge in [0.1, 0.15) is 5.60 Å². The molecule has 16 heteroatoms. The quantitative estimate of drug-likeness (QED) is 0.181. The van der Waals surface area contributed by atoms with E-state index in [4.69, 9.17) is 39.5 Å². The van der Waals surface area contributed by atoms with Gasteiger partial charge < -0.3 is 9.84 Å². The van der Waals surface area contributed by atoms with Crippen molar-refractivity contribution in [3.05, 3.63) is 62.6 Å². The van der Waals surface area contributed by atoms with Crippen LogP contribution in [0.5, 0.6) is 0 Å². The maximum atomic E-state index is 14.1. The predicted octanol–water partition coefficient (Wildman–Crippen LogP) is 7.78. The number of amides is 2. The number of carbonyl (C=O) groups is 3. The molecule has 0 aromatic heterocycles. The van der Waals surface area contributed by atoms with Gasteiger partial charge in [-0.2, -0.15) is 31.4 Å². The molecule has 0 fully saturated rings. The van der Waals surface area contributed by atoms with Crippen LogP contribution in [-0.2, 0) is 15.1 Å². The molecule has 41 heavy (non-hydrogen) atoms. The Balaban J connectivity index is 2.52. The molecule has 7 nitrogen and oxygen atoms in total. The number of hydrazine groups is 1. The van der Waals surface area contributed by atoms with Crippen molar-refractivity contribution in [1.29, 1.82) is 0 Å². The van der Waals surface area contributed by atoms with Crippen molar-refractivity contribution in [1.82, 2.24) is 5.43 Å². The predicted molar refractivity (Wildman–Crippen MR) is 139 cm³/mol. The van der Waals surface area contributed by atoms with Gasteiger partial charge >= 0.3 is 18.4 Å². The van der Waals surface area contributed by atoms with Crippen LogP contribution in [0.2, 0.25) is 15.1 Å². The minimum absolute atomic E-state index is 0.245. The van der Waals surface area contributed by atoms with Crippen LogP contribution in [0.15, 0.2) is 36.4 Å². The topological polar surface area (TPSA) is 95.9 Å². The first kappa shape index (κ1) is 34.5. The minimum Gasteiger partial charge on any atom is -0.442 e. The van der Waals surface area contributed by atoms with Crippen molar-refractivity contribution in [2.24, 2.45) is 0 Å².